The van der Waals surface area contributed by atoms with E-state index in [0.717, 1.165) is 16.8 Å². The number of aromatic amines is 1. The molecule has 2 atom stereocenters. The fourth-order valence-corrected chi connectivity index (χ4v) is 2.12. The zero-order valence-electron chi connectivity index (χ0n) is 14.4. The van der Waals surface area contributed by atoms with E-state index in [2.05, 4.69) is 10.6 Å². The molecule has 0 aliphatic carbocycles. The highest BCUT2D eigenvalue weighted by Gasteiger charge is 2.23. The third kappa shape index (κ3) is 6.89. The van der Waals surface area contributed by atoms with Crippen molar-refractivity contribution in [3.8, 4) is 0 Å². The molecule has 0 aliphatic rings. The molecule has 0 saturated carbocycles. The first kappa shape index (κ1) is 21.1. The Labute approximate surface area is 148 Å². The first-order valence-electron chi connectivity index (χ1n) is 8.07. The number of nitrogens with two attached hydrogens (primary N) is 1. The standard InChI is InChI=1S/C15H23N5O6/c1-9(13(23)18-10(14(24)25)4-2-3-6-16)17-12(22)8-20-7-5-11(21)19-15(20)26/h5,7,9-10H,2-4,6,8,16H2,1H3,(H,17,22)(H,18,23)(H,24,25)(H,19,21,26)/t9-,10-/m0/s1. The van der Waals surface area contributed by atoms with E-state index >= 15 is 0 Å². The fraction of sp³-hybridized carbons (Fsp3) is 0.533. The number of hydrogen-bond donors (Lipinski definition) is 5. The second-order valence-corrected chi connectivity index (χ2v) is 5.71. The summed E-state index contributed by atoms with van der Waals surface area (Å²) in [7, 11) is 0. The highest BCUT2D eigenvalue weighted by atomic mass is 16.4. The van der Waals surface area contributed by atoms with Gasteiger partial charge in [-0.1, -0.05) is 0 Å². The van der Waals surface area contributed by atoms with Crippen LogP contribution in [0.5, 0.6) is 0 Å². The summed E-state index contributed by atoms with van der Waals surface area (Å²) in [5.74, 6) is -2.47. The van der Waals surface area contributed by atoms with E-state index in [9.17, 15) is 24.0 Å². The normalized spacial score (nSPS) is 12.8. The van der Waals surface area contributed by atoms with Crippen LogP contribution in [0.15, 0.2) is 21.9 Å². The number of nitrogens with one attached hydrogen (secondary N) is 3. The first-order chi connectivity index (χ1) is 12.2. The molecule has 2 amide bonds. The Kier molecular flexibility index (Phi) is 8.22. The number of aliphatic carboxylic acids is 1. The Bertz CT molecular complexity index is 755. The number of carboxylic acids is 1. The van der Waals surface area contributed by atoms with Gasteiger partial charge in [0.25, 0.3) is 5.56 Å². The minimum atomic E-state index is -1.17. The van der Waals surface area contributed by atoms with Crippen LogP contribution in [0, 0.1) is 0 Å². The first-order valence-corrected chi connectivity index (χ1v) is 8.07. The van der Waals surface area contributed by atoms with Gasteiger partial charge in [-0.25, -0.2) is 9.59 Å². The molecule has 0 aromatic carbocycles. The summed E-state index contributed by atoms with van der Waals surface area (Å²) in [6.45, 7) is 1.42. The fourth-order valence-electron chi connectivity index (χ4n) is 2.12. The molecule has 1 heterocycles. The number of carbonyl (C=O) groups excluding carboxylic acids is 2. The highest BCUT2D eigenvalue weighted by molar-refractivity contribution is 5.90. The van der Waals surface area contributed by atoms with Gasteiger partial charge in [0, 0.05) is 12.3 Å². The lowest BCUT2D eigenvalue weighted by atomic mass is 10.1. The van der Waals surface area contributed by atoms with Crippen molar-refractivity contribution in [1.82, 2.24) is 20.2 Å². The Morgan fingerprint density at radius 3 is 2.54 bits per heavy atom. The Morgan fingerprint density at radius 1 is 1.27 bits per heavy atom. The summed E-state index contributed by atoms with van der Waals surface area (Å²) in [6, 6.07) is -0.989. The van der Waals surface area contributed by atoms with Crippen LogP contribution in [0.25, 0.3) is 0 Å². The van der Waals surface area contributed by atoms with Crippen LogP contribution in [0.3, 0.4) is 0 Å². The third-order valence-electron chi connectivity index (χ3n) is 3.54. The van der Waals surface area contributed by atoms with Crippen molar-refractivity contribution in [3.63, 3.8) is 0 Å². The van der Waals surface area contributed by atoms with Crippen molar-refractivity contribution < 1.29 is 19.5 Å². The molecule has 1 rings (SSSR count). The van der Waals surface area contributed by atoms with Crippen LogP contribution in [0.2, 0.25) is 0 Å². The number of H-pyrrole nitrogens is 1. The van der Waals surface area contributed by atoms with E-state index < -0.39 is 47.7 Å². The molecule has 0 bridgehead atoms. The van der Waals surface area contributed by atoms with E-state index in [0.29, 0.717) is 19.4 Å². The van der Waals surface area contributed by atoms with Crippen LogP contribution in [-0.4, -0.2) is 51.1 Å². The van der Waals surface area contributed by atoms with E-state index in [1.165, 1.54) is 6.92 Å². The van der Waals surface area contributed by atoms with Gasteiger partial charge in [0.05, 0.1) is 0 Å². The Hall–Kier alpha value is -2.95. The zero-order chi connectivity index (χ0) is 19.7. The maximum atomic E-state index is 12.1. The second-order valence-electron chi connectivity index (χ2n) is 5.71. The number of carbonyl (C=O) groups is 3. The topological polar surface area (TPSA) is 176 Å². The van der Waals surface area contributed by atoms with Gasteiger partial charge in [0.2, 0.25) is 11.8 Å². The summed E-state index contributed by atoms with van der Waals surface area (Å²) < 4.78 is 0.966. The quantitative estimate of drug-likeness (QED) is 0.289. The van der Waals surface area contributed by atoms with E-state index in [1.807, 2.05) is 4.98 Å². The van der Waals surface area contributed by atoms with Crippen LogP contribution < -0.4 is 27.6 Å². The highest BCUT2D eigenvalue weighted by Crippen LogP contribution is 2.01. The monoisotopic (exact) mass is 369 g/mol. The molecule has 26 heavy (non-hydrogen) atoms. The number of aromatic nitrogens is 2. The number of nitrogens with zero attached hydrogens (tertiary/aromatic N) is 1. The average molecular weight is 369 g/mol. The average Bonchev–Trinajstić information content (AvgIpc) is 2.56. The van der Waals surface area contributed by atoms with Crippen molar-refractivity contribution in [2.45, 2.75) is 44.8 Å². The van der Waals surface area contributed by atoms with E-state index in [4.69, 9.17) is 10.8 Å². The molecule has 0 spiro atoms. The van der Waals surface area contributed by atoms with Gasteiger partial charge in [-0.3, -0.25) is 23.9 Å². The van der Waals surface area contributed by atoms with Gasteiger partial charge in [-0.15, -0.1) is 0 Å². The lowest BCUT2D eigenvalue weighted by Gasteiger charge is -2.19. The molecule has 0 unspecified atom stereocenters. The van der Waals surface area contributed by atoms with Gasteiger partial charge in [-0.05, 0) is 32.7 Å². The Balaban J connectivity index is 2.58. The molecule has 144 valence electrons. The van der Waals surface area contributed by atoms with Crippen molar-refractivity contribution in [1.29, 1.82) is 0 Å². The van der Waals surface area contributed by atoms with Crippen LogP contribution in [0.1, 0.15) is 26.2 Å². The number of rotatable bonds is 10. The molecule has 0 saturated heterocycles. The van der Waals surface area contributed by atoms with Crippen molar-refractivity contribution in [2.75, 3.05) is 6.54 Å². The molecular weight excluding hydrogens is 346 g/mol. The van der Waals surface area contributed by atoms with Crippen molar-refractivity contribution in [3.05, 3.63) is 33.1 Å². The molecule has 0 aliphatic heterocycles. The minimum absolute atomic E-state index is 0.228. The molecule has 1 aromatic heterocycles. The van der Waals surface area contributed by atoms with Crippen LogP contribution in [-0.2, 0) is 20.9 Å². The maximum Gasteiger partial charge on any atom is 0.328 e. The summed E-state index contributed by atoms with van der Waals surface area (Å²) >= 11 is 0. The predicted molar refractivity (Wildman–Crippen MR) is 91.4 cm³/mol. The predicted octanol–water partition coefficient (Wildman–Crippen LogP) is -2.26. The lowest BCUT2D eigenvalue weighted by Crippen LogP contribution is -2.51. The van der Waals surface area contributed by atoms with Gasteiger partial charge in [-0.2, -0.15) is 0 Å². The molecule has 6 N–H and O–H groups in total. The largest absolute Gasteiger partial charge is 0.480 e. The smallest absolute Gasteiger partial charge is 0.328 e. The number of amides is 2. The van der Waals surface area contributed by atoms with Gasteiger partial charge < -0.3 is 21.5 Å². The second kappa shape index (κ2) is 10.1. The third-order valence-corrected chi connectivity index (χ3v) is 3.54. The molecule has 1 aromatic rings. The SMILES string of the molecule is C[C@H](NC(=O)Cn1ccc(=O)[nH]c1=O)C(=O)N[C@@H](CCCCN)C(=O)O. The molecular formula is C15H23N5O6. The molecule has 0 fully saturated rings. The van der Waals surface area contributed by atoms with Crippen LogP contribution >= 0.6 is 0 Å². The number of carboxylic acid groups (broad SMARTS) is 1. The summed E-state index contributed by atoms with van der Waals surface area (Å²) in [5.41, 5.74) is 4.01. The minimum Gasteiger partial charge on any atom is -0.480 e. The molecule has 11 nitrogen and oxygen atoms in total. The van der Waals surface area contributed by atoms with Gasteiger partial charge in [0.15, 0.2) is 0 Å². The summed E-state index contributed by atoms with van der Waals surface area (Å²) in [6.07, 6.45) is 2.57. The summed E-state index contributed by atoms with van der Waals surface area (Å²) in [5, 5.41) is 13.9. The molecule has 0 radical (unpaired) electrons. The van der Waals surface area contributed by atoms with E-state index in [-0.39, 0.29) is 6.42 Å². The lowest BCUT2D eigenvalue weighted by molar-refractivity contribution is -0.142. The maximum absolute atomic E-state index is 12.1. The molecule has 11 heteroatoms. The number of unbranched alkanes of at least 4 members (excludes halogenated alkanes) is 1. The van der Waals surface area contributed by atoms with Crippen molar-refractivity contribution in [2.24, 2.45) is 5.73 Å². The van der Waals surface area contributed by atoms with E-state index in [1.54, 1.807) is 0 Å². The summed E-state index contributed by atoms with van der Waals surface area (Å²) in [4.78, 5) is 59.6. The van der Waals surface area contributed by atoms with Crippen molar-refractivity contribution >= 4 is 17.8 Å². The zero-order valence-corrected chi connectivity index (χ0v) is 14.4. The Morgan fingerprint density at radius 2 is 1.96 bits per heavy atom. The van der Waals surface area contributed by atoms with Gasteiger partial charge >= 0.3 is 11.7 Å². The van der Waals surface area contributed by atoms with Gasteiger partial charge in [0.1, 0.15) is 18.6 Å². The van der Waals surface area contributed by atoms with Crippen LogP contribution in [0.4, 0.5) is 0 Å². The number of hydrogen-bond acceptors (Lipinski definition) is 6.